The minimum Gasteiger partial charge on any atom is -0.353 e. The zero-order valence-electron chi connectivity index (χ0n) is 17.7. The highest BCUT2D eigenvalue weighted by atomic mass is 79.9. The number of fused-ring (bicyclic) bond motifs is 5. The van der Waals surface area contributed by atoms with Crippen LogP contribution in [0.3, 0.4) is 0 Å². The number of amides is 2. The summed E-state index contributed by atoms with van der Waals surface area (Å²) >= 11 is 3.50. The highest BCUT2D eigenvalue weighted by Gasteiger charge is 2.65. The molecule has 0 spiro atoms. The maximum Gasteiger partial charge on any atom is 0.236 e. The van der Waals surface area contributed by atoms with Gasteiger partial charge >= 0.3 is 0 Å². The fraction of sp³-hybridized carbons (Fsp3) is 0.522. The molecule has 0 N–H and O–H groups in total. The van der Waals surface area contributed by atoms with E-state index >= 15 is 0 Å². The molecule has 3 heterocycles. The van der Waals surface area contributed by atoms with Crippen LogP contribution >= 0.6 is 15.9 Å². The molecule has 29 heavy (non-hydrogen) atoms. The molecule has 0 bridgehead atoms. The average Bonchev–Trinajstić information content (AvgIpc) is 3.06. The number of nitrogens with zero attached hydrogens (tertiary/aromatic N) is 2. The summed E-state index contributed by atoms with van der Waals surface area (Å²) in [5, 5.41) is 0. The number of carbonyl (C=O) groups is 3. The quantitative estimate of drug-likeness (QED) is 0.595. The summed E-state index contributed by atoms with van der Waals surface area (Å²) in [6.45, 7) is 11.2. The van der Waals surface area contributed by atoms with Crippen molar-refractivity contribution in [3.63, 3.8) is 0 Å². The third kappa shape index (κ3) is 2.90. The first-order valence-electron chi connectivity index (χ1n) is 10.0. The molecule has 0 aliphatic carbocycles. The van der Waals surface area contributed by atoms with Gasteiger partial charge in [0.1, 0.15) is 6.04 Å². The third-order valence-electron chi connectivity index (χ3n) is 6.15. The van der Waals surface area contributed by atoms with Crippen molar-refractivity contribution in [3.05, 3.63) is 34.3 Å². The van der Waals surface area contributed by atoms with Gasteiger partial charge in [0.05, 0.1) is 17.9 Å². The Labute approximate surface area is 180 Å². The lowest BCUT2D eigenvalue weighted by atomic mass is 9.79. The van der Waals surface area contributed by atoms with E-state index < -0.39 is 28.8 Å². The van der Waals surface area contributed by atoms with Gasteiger partial charge in [0.25, 0.3) is 0 Å². The summed E-state index contributed by atoms with van der Waals surface area (Å²) in [5.41, 5.74) is 0.648. The number of anilines is 1. The van der Waals surface area contributed by atoms with Crippen molar-refractivity contribution in [1.82, 2.24) is 4.90 Å². The van der Waals surface area contributed by atoms with Gasteiger partial charge in [-0.1, -0.05) is 48.9 Å². The molecule has 0 aromatic heterocycles. The lowest BCUT2D eigenvalue weighted by molar-refractivity contribution is -0.146. The first-order chi connectivity index (χ1) is 13.3. The summed E-state index contributed by atoms with van der Waals surface area (Å²) in [4.78, 5) is 43.9. The Morgan fingerprint density at radius 2 is 1.62 bits per heavy atom. The number of Topliss-reactive ketones (excluding diaryl/α,β-unsaturated/α-hetero) is 1. The van der Waals surface area contributed by atoms with Crippen LogP contribution in [0.5, 0.6) is 0 Å². The predicted octanol–water partition coefficient (Wildman–Crippen LogP) is 4.05. The van der Waals surface area contributed by atoms with E-state index in [0.717, 1.165) is 15.7 Å². The molecular formula is C23H27BrN2O3. The largest absolute Gasteiger partial charge is 0.353 e. The van der Waals surface area contributed by atoms with Crippen molar-refractivity contribution in [2.24, 2.45) is 17.3 Å². The second-order valence-electron chi connectivity index (χ2n) is 10.3. The highest BCUT2D eigenvalue weighted by Crippen LogP contribution is 2.51. The molecule has 3 aliphatic heterocycles. The van der Waals surface area contributed by atoms with Crippen LogP contribution in [0.1, 0.15) is 47.1 Å². The van der Waals surface area contributed by atoms with Gasteiger partial charge in [-0.3, -0.25) is 19.3 Å². The van der Waals surface area contributed by atoms with Crippen molar-refractivity contribution in [2.45, 2.75) is 59.2 Å². The van der Waals surface area contributed by atoms with E-state index in [1.165, 1.54) is 4.90 Å². The number of hydrogen-bond acceptors (Lipinski definition) is 4. The second kappa shape index (κ2) is 6.27. The molecule has 0 radical (unpaired) electrons. The van der Waals surface area contributed by atoms with Gasteiger partial charge in [0.15, 0.2) is 5.78 Å². The van der Waals surface area contributed by atoms with Gasteiger partial charge in [0.2, 0.25) is 11.8 Å². The number of halogens is 1. The Morgan fingerprint density at radius 1 is 1.00 bits per heavy atom. The van der Waals surface area contributed by atoms with Crippen LogP contribution in [-0.4, -0.2) is 40.1 Å². The fourth-order valence-corrected chi connectivity index (χ4v) is 5.33. The molecule has 0 unspecified atom stereocenters. The molecule has 5 nitrogen and oxygen atoms in total. The molecule has 3 aliphatic rings. The van der Waals surface area contributed by atoms with Crippen molar-refractivity contribution >= 4 is 45.3 Å². The lowest BCUT2D eigenvalue weighted by Crippen LogP contribution is -2.54. The minimum absolute atomic E-state index is 0.00363. The number of ketones is 1. The Bertz CT molecular complexity index is 954. The van der Waals surface area contributed by atoms with E-state index in [2.05, 4.69) is 15.9 Å². The summed E-state index contributed by atoms with van der Waals surface area (Å²) in [5.74, 6) is -1.59. The Kier molecular flexibility index (Phi) is 4.40. The SMILES string of the molecule is CC(C)(C)C(=O)[C@@H]1[C@@H]2C(=O)N(C(C)(C)C)C(=O)[C@H]2[C@H]2C=Cc3cc(Br)ccc3N21. The van der Waals surface area contributed by atoms with E-state index in [4.69, 9.17) is 0 Å². The first-order valence-corrected chi connectivity index (χ1v) is 10.8. The van der Waals surface area contributed by atoms with Crippen molar-refractivity contribution < 1.29 is 14.4 Å². The van der Waals surface area contributed by atoms with Crippen LogP contribution in [0.2, 0.25) is 0 Å². The van der Waals surface area contributed by atoms with Crippen molar-refractivity contribution in [1.29, 1.82) is 0 Å². The fourth-order valence-electron chi connectivity index (χ4n) is 4.95. The van der Waals surface area contributed by atoms with Crippen LogP contribution in [0.25, 0.3) is 6.08 Å². The van der Waals surface area contributed by atoms with Crippen molar-refractivity contribution in [3.8, 4) is 0 Å². The molecule has 2 fully saturated rings. The summed E-state index contributed by atoms with van der Waals surface area (Å²) < 4.78 is 0.948. The zero-order chi connectivity index (χ0) is 21.5. The Balaban J connectivity index is 1.90. The van der Waals surface area contributed by atoms with E-state index in [1.54, 1.807) is 0 Å². The number of carbonyl (C=O) groups excluding carboxylic acids is 3. The molecule has 2 saturated heterocycles. The minimum atomic E-state index is -0.655. The van der Waals surface area contributed by atoms with Crippen LogP contribution < -0.4 is 4.90 Å². The average molecular weight is 459 g/mol. The van der Waals surface area contributed by atoms with Crippen molar-refractivity contribution in [2.75, 3.05) is 4.90 Å². The van der Waals surface area contributed by atoms with Gasteiger partial charge in [-0.05, 0) is 44.5 Å². The van der Waals surface area contributed by atoms with E-state index in [1.807, 2.05) is 76.8 Å². The number of hydrogen-bond donors (Lipinski definition) is 0. The van der Waals surface area contributed by atoms with Gasteiger partial charge in [-0.25, -0.2) is 0 Å². The zero-order valence-corrected chi connectivity index (χ0v) is 19.3. The number of imide groups is 1. The number of likely N-dealkylation sites (tertiary alicyclic amines) is 1. The van der Waals surface area contributed by atoms with E-state index in [9.17, 15) is 14.4 Å². The van der Waals surface area contributed by atoms with Gasteiger partial charge in [-0.15, -0.1) is 0 Å². The molecule has 0 saturated carbocycles. The topological polar surface area (TPSA) is 57.7 Å². The molecule has 154 valence electrons. The molecule has 4 rings (SSSR count). The standard InChI is InChI=1S/C23H27BrN2O3/c1-22(2,3)19(27)18-17-16(20(28)26(21(17)29)23(4,5)6)15-9-7-12-11-13(24)8-10-14(12)25(15)18/h7-11,15-18H,1-6H3/t15-,16+,17-,18+/m1/s1. The summed E-state index contributed by atoms with van der Waals surface area (Å²) in [7, 11) is 0. The molecule has 6 heteroatoms. The lowest BCUT2D eigenvalue weighted by Gasteiger charge is -2.40. The normalized spacial score (nSPS) is 28.5. The van der Waals surface area contributed by atoms with E-state index in [-0.39, 0.29) is 23.6 Å². The van der Waals surface area contributed by atoms with Crippen LogP contribution in [0.15, 0.2) is 28.7 Å². The first kappa shape index (κ1) is 20.3. The van der Waals surface area contributed by atoms with E-state index in [0.29, 0.717) is 0 Å². The van der Waals surface area contributed by atoms with Crippen LogP contribution in [0.4, 0.5) is 5.69 Å². The Hall–Kier alpha value is -1.95. The molecule has 1 aromatic carbocycles. The molecular weight excluding hydrogens is 432 g/mol. The smallest absolute Gasteiger partial charge is 0.236 e. The summed E-state index contributed by atoms with van der Waals surface area (Å²) in [6.07, 6.45) is 3.99. The number of rotatable bonds is 1. The highest BCUT2D eigenvalue weighted by molar-refractivity contribution is 9.10. The van der Waals surface area contributed by atoms with Crippen LogP contribution in [0, 0.1) is 17.3 Å². The maximum absolute atomic E-state index is 13.6. The Morgan fingerprint density at radius 3 is 2.21 bits per heavy atom. The number of benzene rings is 1. The molecule has 1 aromatic rings. The predicted molar refractivity (Wildman–Crippen MR) is 116 cm³/mol. The maximum atomic E-state index is 13.6. The summed E-state index contributed by atoms with van der Waals surface area (Å²) in [6, 6.07) is 4.95. The van der Waals surface area contributed by atoms with Gasteiger partial charge < -0.3 is 4.90 Å². The second-order valence-corrected chi connectivity index (χ2v) is 11.2. The van der Waals surface area contributed by atoms with Gasteiger partial charge in [0, 0.05) is 21.1 Å². The monoisotopic (exact) mass is 458 g/mol. The van der Waals surface area contributed by atoms with Gasteiger partial charge in [-0.2, -0.15) is 0 Å². The third-order valence-corrected chi connectivity index (χ3v) is 6.64. The molecule has 4 atom stereocenters. The van der Waals surface area contributed by atoms with Crippen LogP contribution in [-0.2, 0) is 14.4 Å². The molecule has 2 amide bonds.